The third-order valence-corrected chi connectivity index (χ3v) is 6.64. The molecular weight excluding hydrogens is 391 g/mol. The maximum absolute atomic E-state index is 13.5. The van der Waals surface area contributed by atoms with Crippen LogP contribution in [0.25, 0.3) is 10.9 Å². The van der Waals surface area contributed by atoms with Gasteiger partial charge in [0.05, 0.1) is 12.1 Å². The zero-order chi connectivity index (χ0) is 21.1. The van der Waals surface area contributed by atoms with E-state index in [1.807, 2.05) is 4.57 Å². The molecule has 0 amide bonds. The van der Waals surface area contributed by atoms with Gasteiger partial charge in [-0.05, 0) is 67.8 Å². The Hall–Kier alpha value is -2.38. The summed E-state index contributed by atoms with van der Waals surface area (Å²) in [5.41, 5.74) is 1.78. The molecule has 1 aromatic carbocycles. The number of halogens is 3. The molecule has 0 saturated carbocycles. The Morgan fingerprint density at radius 3 is 2.60 bits per heavy atom. The molecule has 3 aromatic rings. The predicted molar refractivity (Wildman–Crippen MR) is 108 cm³/mol. The van der Waals surface area contributed by atoms with E-state index in [9.17, 15) is 18.3 Å². The molecule has 1 saturated heterocycles. The predicted octanol–water partition coefficient (Wildman–Crippen LogP) is 4.66. The lowest BCUT2D eigenvalue weighted by Crippen LogP contribution is -2.33. The highest BCUT2D eigenvalue weighted by molar-refractivity contribution is 5.87. The molecule has 0 radical (unpaired) electrons. The number of hydrogen-bond donors (Lipinski definition) is 1. The highest BCUT2D eigenvalue weighted by Crippen LogP contribution is 2.45. The molecule has 2 aromatic heterocycles. The molecule has 2 aliphatic rings. The minimum Gasteiger partial charge on any atom is -0.384 e. The molecule has 2 atom stereocenters. The highest BCUT2D eigenvalue weighted by atomic mass is 19.4. The quantitative estimate of drug-likeness (QED) is 0.677. The van der Waals surface area contributed by atoms with Crippen molar-refractivity contribution in [1.82, 2.24) is 14.5 Å². The molecule has 0 bridgehead atoms. The lowest BCUT2D eigenvalue weighted by molar-refractivity contribution is -0.137. The number of pyridine rings is 1. The standard InChI is InChI=1S/C23H24F3N3O/c1-22(30,15-6-9-27-10-7-15)14-29-18-5-4-16(23(24,25)26)13-17(18)21-19-3-2-11-28(19)12-8-20(21)29/h4-7,9-10,13,19,30H,2-3,8,11-12,14H2,1H3/t19-,22-/m1/s1. The van der Waals surface area contributed by atoms with Gasteiger partial charge in [-0.1, -0.05) is 0 Å². The number of nitrogens with zero attached hydrogens (tertiary/aromatic N) is 3. The first kappa shape index (κ1) is 19.6. The number of benzene rings is 1. The van der Waals surface area contributed by atoms with Crippen LogP contribution in [-0.2, 0) is 24.7 Å². The number of alkyl halides is 3. The van der Waals surface area contributed by atoms with Crippen molar-refractivity contribution in [2.24, 2.45) is 0 Å². The third kappa shape index (κ3) is 3.11. The van der Waals surface area contributed by atoms with Gasteiger partial charge in [0.25, 0.3) is 0 Å². The number of hydrogen-bond acceptors (Lipinski definition) is 3. The van der Waals surface area contributed by atoms with Gasteiger partial charge in [-0.15, -0.1) is 0 Å². The first-order valence-corrected chi connectivity index (χ1v) is 10.3. The van der Waals surface area contributed by atoms with E-state index in [0.29, 0.717) is 5.39 Å². The fourth-order valence-corrected chi connectivity index (χ4v) is 5.21. The molecule has 7 heteroatoms. The zero-order valence-corrected chi connectivity index (χ0v) is 16.8. The van der Waals surface area contributed by atoms with Crippen LogP contribution in [0.3, 0.4) is 0 Å². The van der Waals surface area contributed by atoms with Gasteiger partial charge in [0.2, 0.25) is 0 Å². The Bertz CT molecular complexity index is 1090. The van der Waals surface area contributed by atoms with Crippen LogP contribution in [-0.4, -0.2) is 32.6 Å². The van der Waals surface area contributed by atoms with E-state index in [1.165, 1.54) is 6.07 Å². The van der Waals surface area contributed by atoms with Crippen molar-refractivity contribution in [2.75, 3.05) is 13.1 Å². The van der Waals surface area contributed by atoms with Crippen molar-refractivity contribution in [3.05, 3.63) is 65.1 Å². The Labute approximate surface area is 172 Å². The van der Waals surface area contributed by atoms with Gasteiger partial charge in [-0.2, -0.15) is 13.2 Å². The number of aromatic nitrogens is 2. The summed E-state index contributed by atoms with van der Waals surface area (Å²) in [6.07, 6.45) is 1.69. The van der Waals surface area contributed by atoms with Crippen molar-refractivity contribution in [3.8, 4) is 0 Å². The summed E-state index contributed by atoms with van der Waals surface area (Å²) in [6, 6.07) is 7.73. The van der Waals surface area contributed by atoms with Crippen LogP contribution in [0.4, 0.5) is 13.2 Å². The average molecular weight is 415 g/mol. The van der Waals surface area contributed by atoms with E-state index in [2.05, 4.69) is 9.88 Å². The SMILES string of the molecule is C[C@@](O)(Cn1c2c(c3cc(C(F)(F)F)ccc31)[C@H]1CCCN1CC2)c1ccncc1. The minimum absolute atomic E-state index is 0.159. The van der Waals surface area contributed by atoms with Crippen LogP contribution in [0.1, 0.15) is 48.2 Å². The minimum atomic E-state index is -4.38. The van der Waals surface area contributed by atoms with Crippen molar-refractivity contribution in [2.45, 2.75) is 50.6 Å². The molecule has 0 aliphatic carbocycles. The van der Waals surface area contributed by atoms with Gasteiger partial charge in [0, 0.05) is 48.0 Å². The summed E-state index contributed by atoms with van der Waals surface area (Å²) < 4.78 is 42.4. The summed E-state index contributed by atoms with van der Waals surface area (Å²) in [5, 5.41) is 11.9. The Kier molecular flexibility index (Phi) is 4.45. The first-order chi connectivity index (χ1) is 14.3. The molecule has 2 aliphatic heterocycles. The topological polar surface area (TPSA) is 41.3 Å². The zero-order valence-electron chi connectivity index (χ0n) is 16.8. The van der Waals surface area contributed by atoms with Gasteiger partial charge < -0.3 is 9.67 Å². The fraction of sp³-hybridized carbons (Fsp3) is 0.435. The third-order valence-electron chi connectivity index (χ3n) is 6.64. The second kappa shape index (κ2) is 6.82. The van der Waals surface area contributed by atoms with Crippen LogP contribution in [0.15, 0.2) is 42.7 Å². The lowest BCUT2D eigenvalue weighted by Gasteiger charge is -2.32. The van der Waals surface area contributed by atoms with Crippen LogP contribution in [0, 0.1) is 0 Å². The van der Waals surface area contributed by atoms with Crippen molar-refractivity contribution >= 4 is 10.9 Å². The summed E-state index contributed by atoms with van der Waals surface area (Å²) in [5.74, 6) is 0. The summed E-state index contributed by atoms with van der Waals surface area (Å²) in [6.45, 7) is 3.91. The molecule has 5 rings (SSSR count). The molecule has 1 N–H and O–H groups in total. The van der Waals surface area contributed by atoms with Crippen LogP contribution in [0.5, 0.6) is 0 Å². The Balaban J connectivity index is 1.69. The van der Waals surface area contributed by atoms with E-state index < -0.39 is 17.3 Å². The maximum Gasteiger partial charge on any atom is 0.416 e. The molecule has 4 heterocycles. The van der Waals surface area contributed by atoms with Gasteiger partial charge >= 0.3 is 6.18 Å². The largest absolute Gasteiger partial charge is 0.416 e. The van der Waals surface area contributed by atoms with Crippen LogP contribution >= 0.6 is 0 Å². The Morgan fingerprint density at radius 1 is 1.10 bits per heavy atom. The van der Waals surface area contributed by atoms with Crippen molar-refractivity contribution < 1.29 is 18.3 Å². The van der Waals surface area contributed by atoms with Crippen molar-refractivity contribution in [3.63, 3.8) is 0 Å². The number of aliphatic hydroxyl groups is 1. The smallest absolute Gasteiger partial charge is 0.384 e. The van der Waals surface area contributed by atoms with Crippen LogP contribution < -0.4 is 0 Å². The molecular formula is C23H24F3N3O. The van der Waals surface area contributed by atoms with E-state index in [4.69, 9.17) is 0 Å². The van der Waals surface area contributed by atoms with Crippen molar-refractivity contribution in [1.29, 1.82) is 0 Å². The molecule has 158 valence electrons. The Morgan fingerprint density at radius 2 is 1.87 bits per heavy atom. The second-order valence-electron chi connectivity index (χ2n) is 8.63. The number of rotatable bonds is 3. The molecule has 30 heavy (non-hydrogen) atoms. The molecule has 1 fully saturated rings. The number of fused-ring (bicyclic) bond motifs is 5. The fourth-order valence-electron chi connectivity index (χ4n) is 5.21. The lowest BCUT2D eigenvalue weighted by atomic mass is 9.94. The van der Waals surface area contributed by atoms with Gasteiger partial charge in [0.15, 0.2) is 0 Å². The van der Waals surface area contributed by atoms with Gasteiger partial charge in [0.1, 0.15) is 5.60 Å². The second-order valence-corrected chi connectivity index (χ2v) is 8.63. The normalized spacial score (nSPS) is 21.4. The molecule has 0 unspecified atom stereocenters. The van der Waals surface area contributed by atoms with Gasteiger partial charge in [-0.25, -0.2) is 0 Å². The average Bonchev–Trinajstić information content (AvgIpc) is 3.30. The maximum atomic E-state index is 13.5. The summed E-state index contributed by atoms with van der Waals surface area (Å²) in [7, 11) is 0. The molecule has 0 spiro atoms. The van der Waals surface area contributed by atoms with E-state index in [0.717, 1.165) is 60.8 Å². The molecule has 4 nitrogen and oxygen atoms in total. The van der Waals surface area contributed by atoms with E-state index >= 15 is 0 Å². The van der Waals surface area contributed by atoms with E-state index in [-0.39, 0.29) is 12.6 Å². The first-order valence-electron chi connectivity index (χ1n) is 10.3. The summed E-state index contributed by atoms with van der Waals surface area (Å²) >= 11 is 0. The van der Waals surface area contributed by atoms with Gasteiger partial charge in [-0.3, -0.25) is 9.88 Å². The monoisotopic (exact) mass is 415 g/mol. The van der Waals surface area contributed by atoms with E-state index in [1.54, 1.807) is 37.5 Å². The van der Waals surface area contributed by atoms with Crippen LogP contribution in [0.2, 0.25) is 0 Å². The summed E-state index contributed by atoms with van der Waals surface area (Å²) in [4.78, 5) is 6.40. The highest BCUT2D eigenvalue weighted by Gasteiger charge is 2.38.